The monoisotopic (exact) mass is 233 g/mol. The SMILES string of the molecule is CNC1CCC(OCc2ccc(C)cc2)CC1. The molecule has 0 amide bonds. The number of rotatable bonds is 4. The highest BCUT2D eigenvalue weighted by Gasteiger charge is 2.20. The zero-order chi connectivity index (χ0) is 12.1. The maximum atomic E-state index is 5.97. The molecule has 1 fully saturated rings. The van der Waals surface area contributed by atoms with Crippen molar-refractivity contribution in [1.82, 2.24) is 5.32 Å². The molecule has 0 saturated heterocycles. The van der Waals surface area contributed by atoms with E-state index in [9.17, 15) is 0 Å². The summed E-state index contributed by atoms with van der Waals surface area (Å²) < 4.78 is 5.97. The van der Waals surface area contributed by atoms with Crippen molar-refractivity contribution in [1.29, 1.82) is 0 Å². The van der Waals surface area contributed by atoms with Crippen molar-refractivity contribution in [3.05, 3.63) is 35.4 Å². The Labute approximate surface area is 104 Å². The highest BCUT2D eigenvalue weighted by atomic mass is 16.5. The third-order valence-electron chi connectivity index (χ3n) is 3.69. The Kier molecular flexibility index (Phi) is 4.57. The lowest BCUT2D eigenvalue weighted by atomic mass is 9.93. The van der Waals surface area contributed by atoms with Gasteiger partial charge in [-0.1, -0.05) is 29.8 Å². The highest BCUT2D eigenvalue weighted by Crippen LogP contribution is 2.22. The fourth-order valence-corrected chi connectivity index (χ4v) is 2.42. The summed E-state index contributed by atoms with van der Waals surface area (Å²) in [6, 6.07) is 9.32. The molecule has 0 radical (unpaired) electrons. The van der Waals surface area contributed by atoms with Gasteiger partial charge in [0.15, 0.2) is 0 Å². The van der Waals surface area contributed by atoms with Crippen LogP contribution in [0.2, 0.25) is 0 Å². The number of ether oxygens (including phenoxy) is 1. The third-order valence-corrected chi connectivity index (χ3v) is 3.69. The minimum absolute atomic E-state index is 0.459. The first kappa shape index (κ1) is 12.6. The molecule has 0 aromatic heterocycles. The van der Waals surface area contributed by atoms with Crippen LogP contribution in [0.5, 0.6) is 0 Å². The number of hydrogen-bond acceptors (Lipinski definition) is 2. The molecule has 1 N–H and O–H groups in total. The van der Waals surface area contributed by atoms with Crippen LogP contribution < -0.4 is 5.32 Å². The topological polar surface area (TPSA) is 21.3 Å². The molecule has 0 heterocycles. The summed E-state index contributed by atoms with van der Waals surface area (Å²) in [5, 5.41) is 3.35. The molecule has 2 rings (SSSR count). The number of nitrogens with one attached hydrogen (secondary N) is 1. The van der Waals surface area contributed by atoms with E-state index in [2.05, 4.69) is 43.6 Å². The Balaban J connectivity index is 1.74. The molecule has 0 bridgehead atoms. The summed E-state index contributed by atoms with van der Waals surface area (Å²) >= 11 is 0. The molecule has 2 nitrogen and oxygen atoms in total. The molecule has 94 valence electrons. The van der Waals surface area contributed by atoms with E-state index in [1.165, 1.54) is 36.8 Å². The quantitative estimate of drug-likeness (QED) is 0.863. The molecule has 1 saturated carbocycles. The van der Waals surface area contributed by atoms with Gasteiger partial charge in [0.05, 0.1) is 12.7 Å². The van der Waals surface area contributed by atoms with Crippen molar-refractivity contribution in [3.8, 4) is 0 Å². The molecule has 0 atom stereocenters. The van der Waals surface area contributed by atoms with Crippen molar-refractivity contribution in [2.45, 2.75) is 51.4 Å². The minimum Gasteiger partial charge on any atom is -0.374 e. The molecule has 1 aromatic rings. The van der Waals surface area contributed by atoms with Crippen molar-refractivity contribution < 1.29 is 4.74 Å². The van der Waals surface area contributed by atoms with Gasteiger partial charge in [0.2, 0.25) is 0 Å². The van der Waals surface area contributed by atoms with Crippen LogP contribution in [0.1, 0.15) is 36.8 Å². The van der Waals surface area contributed by atoms with Gasteiger partial charge in [0.1, 0.15) is 0 Å². The standard InChI is InChI=1S/C15H23NO/c1-12-3-5-13(6-4-12)11-17-15-9-7-14(16-2)8-10-15/h3-6,14-16H,7-11H2,1-2H3. The second kappa shape index (κ2) is 6.18. The van der Waals surface area contributed by atoms with Gasteiger partial charge < -0.3 is 10.1 Å². The average molecular weight is 233 g/mol. The second-order valence-corrected chi connectivity index (χ2v) is 5.06. The normalized spacial score (nSPS) is 24.8. The number of aryl methyl sites for hydroxylation is 1. The van der Waals surface area contributed by atoms with Gasteiger partial charge in [0.25, 0.3) is 0 Å². The molecule has 17 heavy (non-hydrogen) atoms. The molecule has 0 unspecified atom stereocenters. The lowest BCUT2D eigenvalue weighted by molar-refractivity contribution is 0.0118. The fraction of sp³-hybridized carbons (Fsp3) is 0.600. The molecule has 1 aliphatic carbocycles. The second-order valence-electron chi connectivity index (χ2n) is 5.06. The van der Waals surface area contributed by atoms with Gasteiger partial charge in [-0.05, 0) is 45.2 Å². The van der Waals surface area contributed by atoms with E-state index in [-0.39, 0.29) is 0 Å². The zero-order valence-corrected chi connectivity index (χ0v) is 10.9. The first-order valence-electron chi connectivity index (χ1n) is 6.62. The van der Waals surface area contributed by atoms with Crippen molar-refractivity contribution in [3.63, 3.8) is 0 Å². The Morgan fingerprint density at radius 1 is 1.12 bits per heavy atom. The van der Waals surface area contributed by atoms with Crippen molar-refractivity contribution in [2.75, 3.05) is 7.05 Å². The van der Waals surface area contributed by atoms with Crippen molar-refractivity contribution >= 4 is 0 Å². The van der Waals surface area contributed by atoms with E-state index in [0.29, 0.717) is 12.1 Å². The molecule has 0 spiro atoms. The molecule has 1 aromatic carbocycles. The van der Waals surface area contributed by atoms with E-state index in [1.807, 2.05) is 0 Å². The van der Waals surface area contributed by atoms with Gasteiger partial charge in [-0.2, -0.15) is 0 Å². The zero-order valence-electron chi connectivity index (χ0n) is 10.9. The molecule has 1 aliphatic rings. The Bertz CT molecular complexity index is 325. The molecular formula is C15H23NO. The summed E-state index contributed by atoms with van der Waals surface area (Å²) in [4.78, 5) is 0. The third kappa shape index (κ3) is 3.83. The summed E-state index contributed by atoms with van der Waals surface area (Å²) in [6.07, 6.45) is 5.33. The summed E-state index contributed by atoms with van der Waals surface area (Å²) in [7, 11) is 2.05. The summed E-state index contributed by atoms with van der Waals surface area (Å²) in [5.41, 5.74) is 2.59. The van der Waals surface area contributed by atoms with E-state index < -0.39 is 0 Å². The Morgan fingerprint density at radius 3 is 2.35 bits per heavy atom. The molecular weight excluding hydrogens is 210 g/mol. The van der Waals surface area contributed by atoms with Crippen LogP contribution in [-0.4, -0.2) is 19.2 Å². The van der Waals surface area contributed by atoms with E-state index in [4.69, 9.17) is 4.74 Å². The largest absolute Gasteiger partial charge is 0.374 e. The Hall–Kier alpha value is -0.860. The average Bonchev–Trinajstić information content (AvgIpc) is 2.39. The van der Waals surface area contributed by atoms with E-state index >= 15 is 0 Å². The number of hydrogen-bond donors (Lipinski definition) is 1. The van der Waals surface area contributed by atoms with Crippen LogP contribution in [-0.2, 0) is 11.3 Å². The van der Waals surface area contributed by atoms with Crippen LogP contribution in [0.25, 0.3) is 0 Å². The fourth-order valence-electron chi connectivity index (χ4n) is 2.42. The summed E-state index contributed by atoms with van der Waals surface area (Å²) in [5.74, 6) is 0. The van der Waals surface area contributed by atoms with Crippen molar-refractivity contribution in [2.24, 2.45) is 0 Å². The summed E-state index contributed by atoms with van der Waals surface area (Å²) in [6.45, 7) is 2.87. The molecule has 2 heteroatoms. The van der Waals surface area contributed by atoms with Crippen LogP contribution in [0.4, 0.5) is 0 Å². The van der Waals surface area contributed by atoms with Crippen LogP contribution in [0, 0.1) is 6.92 Å². The van der Waals surface area contributed by atoms with Gasteiger partial charge >= 0.3 is 0 Å². The van der Waals surface area contributed by atoms with Gasteiger partial charge in [-0.3, -0.25) is 0 Å². The van der Waals surface area contributed by atoms with Gasteiger partial charge in [-0.25, -0.2) is 0 Å². The predicted octanol–water partition coefficient (Wildman–Crippen LogP) is 3.04. The Morgan fingerprint density at radius 2 is 1.76 bits per heavy atom. The van der Waals surface area contributed by atoms with E-state index in [0.717, 1.165) is 6.61 Å². The maximum absolute atomic E-state index is 5.97. The van der Waals surface area contributed by atoms with Gasteiger partial charge in [0, 0.05) is 6.04 Å². The predicted molar refractivity (Wildman–Crippen MR) is 71.1 cm³/mol. The minimum atomic E-state index is 0.459. The lowest BCUT2D eigenvalue weighted by Gasteiger charge is -2.28. The van der Waals surface area contributed by atoms with Crippen LogP contribution in [0.3, 0.4) is 0 Å². The smallest absolute Gasteiger partial charge is 0.0720 e. The highest BCUT2D eigenvalue weighted by molar-refractivity contribution is 5.20. The number of benzene rings is 1. The lowest BCUT2D eigenvalue weighted by Crippen LogP contribution is -2.32. The van der Waals surface area contributed by atoms with Gasteiger partial charge in [-0.15, -0.1) is 0 Å². The first-order chi connectivity index (χ1) is 8.28. The maximum Gasteiger partial charge on any atom is 0.0720 e. The first-order valence-corrected chi connectivity index (χ1v) is 6.62. The van der Waals surface area contributed by atoms with Crippen LogP contribution >= 0.6 is 0 Å². The van der Waals surface area contributed by atoms with Crippen LogP contribution in [0.15, 0.2) is 24.3 Å². The molecule has 0 aliphatic heterocycles. The van der Waals surface area contributed by atoms with E-state index in [1.54, 1.807) is 0 Å².